The Morgan fingerprint density at radius 3 is 2.20 bits per heavy atom. The van der Waals surface area contributed by atoms with Crippen LogP contribution in [0.4, 0.5) is 0 Å². The average molecular weight is 251 g/mol. The second-order valence-electron chi connectivity index (χ2n) is 2.78. The van der Waals surface area contributed by atoms with Gasteiger partial charge in [0.25, 0.3) is 0 Å². The Labute approximate surface area is 95.8 Å². The Kier molecular flexibility index (Phi) is 5.64. The van der Waals surface area contributed by atoms with E-state index in [0.717, 1.165) is 0 Å². The van der Waals surface area contributed by atoms with Gasteiger partial charge in [-0.15, -0.1) is 0 Å². The van der Waals surface area contributed by atoms with Gasteiger partial charge in [0.15, 0.2) is 9.84 Å². The Morgan fingerprint density at radius 1 is 1.27 bits per heavy atom. The zero-order valence-electron chi connectivity index (χ0n) is 8.31. The molecule has 0 spiro atoms. The lowest BCUT2D eigenvalue weighted by molar-refractivity contribution is -0.00000576. The van der Waals surface area contributed by atoms with Crippen molar-refractivity contribution < 1.29 is 25.6 Å². The van der Waals surface area contributed by atoms with Crippen LogP contribution in [-0.2, 0) is 9.84 Å². The molecule has 0 amide bonds. The summed E-state index contributed by atoms with van der Waals surface area (Å²) >= 11 is 0. The van der Waals surface area contributed by atoms with Crippen molar-refractivity contribution in [2.75, 3.05) is 19.4 Å². The van der Waals surface area contributed by atoms with E-state index in [9.17, 15) is 8.42 Å². The van der Waals surface area contributed by atoms with E-state index in [0.29, 0.717) is 5.75 Å². The molecule has 0 fully saturated rings. The third-order valence-electron chi connectivity index (χ3n) is 1.81. The Balaban J connectivity index is 0.00000196. The summed E-state index contributed by atoms with van der Waals surface area (Å²) in [7, 11) is -1.68. The molecule has 0 aliphatic heterocycles. The molecular formula is C9H13ClNO3S-. The second-order valence-corrected chi connectivity index (χ2v) is 4.89. The fourth-order valence-corrected chi connectivity index (χ4v) is 2.15. The first-order valence-corrected chi connectivity index (χ1v) is 5.82. The molecule has 0 atom stereocenters. The van der Waals surface area contributed by atoms with Crippen LogP contribution >= 0.6 is 0 Å². The van der Waals surface area contributed by atoms with E-state index in [2.05, 4.69) is 0 Å². The first-order chi connectivity index (χ1) is 6.60. The van der Waals surface area contributed by atoms with E-state index >= 15 is 0 Å². The molecule has 0 saturated heterocycles. The summed E-state index contributed by atoms with van der Waals surface area (Å²) in [5.74, 6) is 0.607. The maximum atomic E-state index is 11.5. The van der Waals surface area contributed by atoms with Crippen LogP contribution in [-0.4, -0.2) is 27.8 Å². The van der Waals surface area contributed by atoms with Crippen LogP contribution in [0.2, 0.25) is 0 Å². The van der Waals surface area contributed by atoms with Gasteiger partial charge >= 0.3 is 0 Å². The predicted octanol–water partition coefficient (Wildman–Crippen LogP) is -2.57. The van der Waals surface area contributed by atoms with Gasteiger partial charge in [0.2, 0.25) is 0 Å². The monoisotopic (exact) mass is 250 g/mol. The molecule has 0 heterocycles. The van der Waals surface area contributed by atoms with Crippen LogP contribution in [0.5, 0.6) is 5.75 Å². The zero-order valence-corrected chi connectivity index (χ0v) is 9.88. The molecule has 6 heteroatoms. The number of halogens is 1. The molecule has 0 bridgehead atoms. The molecule has 1 aromatic rings. The summed E-state index contributed by atoms with van der Waals surface area (Å²) in [6.45, 7) is 0.133. The van der Waals surface area contributed by atoms with E-state index in [1.54, 1.807) is 12.1 Å². The van der Waals surface area contributed by atoms with Crippen molar-refractivity contribution in [1.82, 2.24) is 0 Å². The standard InChI is InChI=1S/C9H13NO3S.ClH/c1-13-8-2-4-9(5-3-8)14(11,12)7-6-10;/h2-5H,6-7,10H2,1H3;1H/p-1. The molecule has 0 saturated carbocycles. The number of rotatable bonds is 4. The highest BCUT2D eigenvalue weighted by atomic mass is 35.5. The quantitative estimate of drug-likeness (QED) is 0.638. The maximum Gasteiger partial charge on any atom is 0.179 e. The first-order valence-electron chi connectivity index (χ1n) is 4.17. The fraction of sp³-hybridized carbons (Fsp3) is 0.333. The number of nitrogens with two attached hydrogens (primary N) is 1. The Bertz CT molecular complexity index is 388. The van der Waals surface area contributed by atoms with Gasteiger partial charge in [0, 0.05) is 6.54 Å². The number of ether oxygens (including phenoxy) is 1. The topological polar surface area (TPSA) is 69.4 Å². The summed E-state index contributed by atoms with van der Waals surface area (Å²) in [6.07, 6.45) is 0. The van der Waals surface area contributed by atoms with Gasteiger partial charge in [-0.2, -0.15) is 0 Å². The summed E-state index contributed by atoms with van der Waals surface area (Å²) in [4.78, 5) is 0.281. The van der Waals surface area contributed by atoms with Crippen LogP contribution in [0.15, 0.2) is 29.2 Å². The number of methoxy groups -OCH3 is 1. The highest BCUT2D eigenvalue weighted by Gasteiger charge is 2.12. The molecule has 1 rings (SSSR count). The van der Waals surface area contributed by atoms with E-state index in [-0.39, 0.29) is 29.6 Å². The average Bonchev–Trinajstić information content (AvgIpc) is 2.18. The van der Waals surface area contributed by atoms with Gasteiger partial charge in [-0.3, -0.25) is 0 Å². The molecule has 1 aromatic carbocycles. The third kappa shape index (κ3) is 3.70. The summed E-state index contributed by atoms with van der Waals surface area (Å²) in [5, 5.41) is 0. The van der Waals surface area contributed by atoms with Crippen molar-refractivity contribution in [2.24, 2.45) is 5.73 Å². The number of hydrogen-bond donors (Lipinski definition) is 1. The fourth-order valence-electron chi connectivity index (χ4n) is 1.06. The molecule has 0 aromatic heterocycles. The van der Waals surface area contributed by atoms with Gasteiger partial charge in [-0.1, -0.05) is 0 Å². The van der Waals surface area contributed by atoms with Crippen molar-refractivity contribution in [3.05, 3.63) is 24.3 Å². The molecule has 0 aliphatic rings. The summed E-state index contributed by atoms with van der Waals surface area (Å²) in [6, 6.07) is 6.26. The lowest BCUT2D eigenvalue weighted by Gasteiger charge is -2.03. The van der Waals surface area contributed by atoms with Crippen molar-refractivity contribution in [3.63, 3.8) is 0 Å². The number of sulfone groups is 1. The van der Waals surface area contributed by atoms with Crippen LogP contribution in [0.25, 0.3) is 0 Å². The maximum absolute atomic E-state index is 11.5. The second kappa shape index (κ2) is 5.95. The molecule has 0 aliphatic carbocycles. The SMILES string of the molecule is COc1ccc(S(=O)(=O)CCN)cc1.[Cl-]. The minimum absolute atomic E-state index is 0. The van der Waals surface area contributed by atoms with Gasteiger partial charge in [0.1, 0.15) is 5.75 Å². The summed E-state index contributed by atoms with van der Waals surface area (Å²) < 4.78 is 27.9. The van der Waals surface area contributed by atoms with Crippen LogP contribution in [0.3, 0.4) is 0 Å². The largest absolute Gasteiger partial charge is 1.00 e. The third-order valence-corrected chi connectivity index (χ3v) is 3.57. The van der Waals surface area contributed by atoms with Crippen molar-refractivity contribution in [2.45, 2.75) is 4.90 Å². The van der Waals surface area contributed by atoms with E-state index in [4.69, 9.17) is 10.5 Å². The lowest BCUT2D eigenvalue weighted by atomic mass is 10.3. The lowest BCUT2D eigenvalue weighted by Crippen LogP contribution is -3.00. The number of hydrogen-bond acceptors (Lipinski definition) is 4. The molecule has 86 valence electrons. The van der Waals surface area contributed by atoms with Crippen LogP contribution < -0.4 is 22.9 Å². The van der Waals surface area contributed by atoms with Gasteiger partial charge in [-0.25, -0.2) is 8.42 Å². The van der Waals surface area contributed by atoms with Gasteiger partial charge in [0.05, 0.1) is 17.8 Å². The van der Waals surface area contributed by atoms with Crippen molar-refractivity contribution >= 4 is 9.84 Å². The van der Waals surface area contributed by atoms with Crippen LogP contribution in [0, 0.1) is 0 Å². The minimum atomic E-state index is -3.22. The minimum Gasteiger partial charge on any atom is -1.00 e. The molecule has 0 radical (unpaired) electrons. The number of benzene rings is 1. The smallest absolute Gasteiger partial charge is 0.179 e. The van der Waals surface area contributed by atoms with E-state index in [1.807, 2.05) is 0 Å². The normalized spacial score (nSPS) is 10.5. The van der Waals surface area contributed by atoms with Gasteiger partial charge < -0.3 is 22.9 Å². The van der Waals surface area contributed by atoms with Crippen LogP contribution in [0.1, 0.15) is 0 Å². The molecule has 4 nitrogen and oxygen atoms in total. The Morgan fingerprint density at radius 2 is 1.80 bits per heavy atom. The van der Waals surface area contributed by atoms with Crippen molar-refractivity contribution in [3.8, 4) is 5.75 Å². The zero-order chi connectivity index (χ0) is 10.6. The molecule has 15 heavy (non-hydrogen) atoms. The highest BCUT2D eigenvalue weighted by molar-refractivity contribution is 7.91. The Hall–Kier alpha value is -0.780. The molecular weight excluding hydrogens is 238 g/mol. The van der Waals surface area contributed by atoms with Gasteiger partial charge in [-0.05, 0) is 24.3 Å². The molecule has 2 N–H and O–H groups in total. The van der Waals surface area contributed by atoms with E-state index < -0.39 is 9.84 Å². The van der Waals surface area contributed by atoms with Crippen molar-refractivity contribution in [1.29, 1.82) is 0 Å². The molecule has 0 unspecified atom stereocenters. The predicted molar refractivity (Wildman–Crippen MR) is 54.1 cm³/mol. The summed E-state index contributed by atoms with van der Waals surface area (Å²) in [5.41, 5.74) is 5.20. The first kappa shape index (κ1) is 14.2. The van der Waals surface area contributed by atoms with E-state index in [1.165, 1.54) is 19.2 Å². The highest BCUT2D eigenvalue weighted by Crippen LogP contribution is 2.16.